The summed E-state index contributed by atoms with van der Waals surface area (Å²) in [7, 11) is 3.92. The van der Waals surface area contributed by atoms with E-state index in [0.29, 0.717) is 11.9 Å². The van der Waals surface area contributed by atoms with Gasteiger partial charge in [-0.3, -0.25) is 4.79 Å². The highest BCUT2D eigenvalue weighted by atomic mass is 16.2. The fraction of sp³-hybridized carbons (Fsp3) is 0.923. The van der Waals surface area contributed by atoms with Crippen molar-refractivity contribution in [3.05, 3.63) is 0 Å². The number of carbonyl (C=O) groups excluding carboxylic acids is 1. The third-order valence-corrected chi connectivity index (χ3v) is 3.94. The number of hydrogen-bond donors (Lipinski definition) is 1. The second-order valence-electron chi connectivity index (χ2n) is 5.57. The van der Waals surface area contributed by atoms with Crippen molar-refractivity contribution in [3.63, 3.8) is 0 Å². The topological polar surface area (TPSA) is 32.3 Å². The quantitative estimate of drug-likeness (QED) is 0.741. The third-order valence-electron chi connectivity index (χ3n) is 3.94. The van der Waals surface area contributed by atoms with E-state index in [1.165, 1.54) is 25.7 Å². The Hall–Kier alpha value is -0.570. The van der Waals surface area contributed by atoms with Gasteiger partial charge in [0.25, 0.3) is 0 Å². The highest BCUT2D eigenvalue weighted by Gasteiger charge is 2.45. The van der Waals surface area contributed by atoms with E-state index in [4.69, 9.17) is 0 Å². The monoisotopic (exact) mass is 224 g/mol. The second-order valence-corrected chi connectivity index (χ2v) is 5.57. The van der Waals surface area contributed by atoms with Gasteiger partial charge in [0, 0.05) is 25.6 Å². The molecule has 0 spiro atoms. The van der Waals surface area contributed by atoms with Gasteiger partial charge >= 0.3 is 0 Å². The largest absolute Gasteiger partial charge is 0.342 e. The molecule has 0 bridgehead atoms. The maximum atomic E-state index is 12.2. The Kier molecular flexibility index (Phi) is 3.53. The standard InChI is InChI=1S/C13H24N2O/c1-9(8-14-2)13(16)15(3)12(10-4-5-10)11-6-7-11/h9-12,14H,4-8H2,1-3H3. The molecule has 0 aromatic rings. The molecule has 2 aliphatic carbocycles. The maximum Gasteiger partial charge on any atom is 0.226 e. The van der Waals surface area contributed by atoms with Crippen LogP contribution in [-0.4, -0.2) is 37.5 Å². The Bertz CT molecular complexity index is 247. The first-order valence-corrected chi connectivity index (χ1v) is 6.56. The molecule has 16 heavy (non-hydrogen) atoms. The Labute approximate surface area is 98.6 Å². The zero-order valence-electron chi connectivity index (χ0n) is 10.7. The molecule has 2 rings (SSSR count). The molecule has 2 aliphatic rings. The van der Waals surface area contributed by atoms with Crippen LogP contribution >= 0.6 is 0 Å². The first-order chi connectivity index (χ1) is 7.65. The Balaban J connectivity index is 1.93. The first kappa shape index (κ1) is 11.9. The molecule has 0 saturated heterocycles. The Morgan fingerprint density at radius 1 is 1.31 bits per heavy atom. The van der Waals surface area contributed by atoms with Crippen LogP contribution in [0, 0.1) is 17.8 Å². The molecule has 1 N–H and O–H groups in total. The first-order valence-electron chi connectivity index (χ1n) is 6.56. The molecule has 0 radical (unpaired) electrons. The van der Waals surface area contributed by atoms with Crippen LogP contribution in [0.2, 0.25) is 0 Å². The van der Waals surface area contributed by atoms with Crippen LogP contribution in [-0.2, 0) is 4.79 Å². The number of amides is 1. The van der Waals surface area contributed by atoms with Gasteiger partial charge in [0.2, 0.25) is 5.91 Å². The number of nitrogens with zero attached hydrogens (tertiary/aromatic N) is 1. The van der Waals surface area contributed by atoms with Gasteiger partial charge in [-0.05, 0) is 44.6 Å². The lowest BCUT2D eigenvalue weighted by Crippen LogP contribution is -2.44. The minimum atomic E-state index is 0.106. The van der Waals surface area contributed by atoms with Gasteiger partial charge < -0.3 is 10.2 Å². The van der Waals surface area contributed by atoms with Crippen LogP contribution < -0.4 is 5.32 Å². The van der Waals surface area contributed by atoms with E-state index in [1.54, 1.807) is 0 Å². The highest BCUT2D eigenvalue weighted by Crippen LogP contribution is 2.47. The van der Waals surface area contributed by atoms with E-state index >= 15 is 0 Å². The second kappa shape index (κ2) is 4.74. The predicted octanol–water partition coefficient (Wildman–Crippen LogP) is 1.49. The number of carbonyl (C=O) groups is 1. The van der Waals surface area contributed by atoms with Crippen LogP contribution in [0.4, 0.5) is 0 Å². The van der Waals surface area contributed by atoms with Gasteiger partial charge in [0.1, 0.15) is 0 Å². The predicted molar refractivity (Wildman–Crippen MR) is 65.1 cm³/mol. The summed E-state index contributed by atoms with van der Waals surface area (Å²) in [5, 5.41) is 3.08. The highest BCUT2D eigenvalue weighted by molar-refractivity contribution is 5.79. The van der Waals surface area contributed by atoms with Crippen LogP contribution in [0.15, 0.2) is 0 Å². The SMILES string of the molecule is CNCC(C)C(=O)N(C)C(C1CC1)C1CC1. The van der Waals surface area contributed by atoms with Gasteiger partial charge in [-0.15, -0.1) is 0 Å². The zero-order chi connectivity index (χ0) is 11.7. The van der Waals surface area contributed by atoms with Gasteiger partial charge in [-0.25, -0.2) is 0 Å². The minimum Gasteiger partial charge on any atom is -0.342 e. The third kappa shape index (κ3) is 2.57. The van der Waals surface area contributed by atoms with Crippen LogP contribution in [0.3, 0.4) is 0 Å². The summed E-state index contributed by atoms with van der Waals surface area (Å²) < 4.78 is 0. The fourth-order valence-electron chi connectivity index (χ4n) is 2.78. The summed E-state index contributed by atoms with van der Waals surface area (Å²) in [6, 6.07) is 0.548. The number of hydrogen-bond acceptors (Lipinski definition) is 2. The molecule has 2 fully saturated rings. The number of rotatable bonds is 6. The van der Waals surface area contributed by atoms with Gasteiger partial charge in [-0.2, -0.15) is 0 Å². The fourth-order valence-corrected chi connectivity index (χ4v) is 2.78. The number of nitrogens with one attached hydrogen (secondary N) is 1. The van der Waals surface area contributed by atoms with Crippen molar-refractivity contribution in [1.29, 1.82) is 0 Å². The maximum absolute atomic E-state index is 12.2. The minimum absolute atomic E-state index is 0.106. The van der Waals surface area contributed by atoms with Crippen molar-refractivity contribution in [1.82, 2.24) is 10.2 Å². The molecular weight excluding hydrogens is 200 g/mol. The van der Waals surface area contributed by atoms with E-state index in [9.17, 15) is 4.79 Å². The molecule has 3 nitrogen and oxygen atoms in total. The smallest absolute Gasteiger partial charge is 0.226 e. The Morgan fingerprint density at radius 3 is 2.19 bits per heavy atom. The summed E-state index contributed by atoms with van der Waals surface area (Å²) in [6.07, 6.45) is 5.33. The zero-order valence-corrected chi connectivity index (χ0v) is 10.7. The lowest BCUT2D eigenvalue weighted by Gasteiger charge is -2.30. The Morgan fingerprint density at radius 2 is 1.81 bits per heavy atom. The average Bonchev–Trinajstić information content (AvgIpc) is 3.10. The van der Waals surface area contributed by atoms with Gasteiger partial charge in [-0.1, -0.05) is 6.92 Å². The molecule has 3 heteroatoms. The van der Waals surface area contributed by atoms with Crippen molar-refractivity contribution >= 4 is 5.91 Å². The van der Waals surface area contributed by atoms with Crippen molar-refractivity contribution in [2.75, 3.05) is 20.6 Å². The summed E-state index contributed by atoms with van der Waals surface area (Å²) in [5.41, 5.74) is 0. The molecular formula is C13H24N2O. The molecule has 92 valence electrons. The van der Waals surface area contributed by atoms with Crippen LogP contribution in [0.25, 0.3) is 0 Å². The van der Waals surface area contributed by atoms with Crippen molar-refractivity contribution in [2.45, 2.75) is 38.6 Å². The molecule has 0 aromatic carbocycles. The molecule has 1 atom stereocenters. The van der Waals surface area contributed by atoms with Crippen LogP contribution in [0.5, 0.6) is 0 Å². The molecule has 1 unspecified atom stereocenters. The van der Waals surface area contributed by atoms with Gasteiger partial charge in [0.05, 0.1) is 0 Å². The summed E-state index contributed by atoms with van der Waals surface area (Å²) >= 11 is 0. The van der Waals surface area contributed by atoms with Crippen molar-refractivity contribution in [2.24, 2.45) is 17.8 Å². The van der Waals surface area contributed by atoms with Crippen molar-refractivity contribution in [3.8, 4) is 0 Å². The van der Waals surface area contributed by atoms with Crippen molar-refractivity contribution < 1.29 is 4.79 Å². The summed E-state index contributed by atoms with van der Waals surface area (Å²) in [4.78, 5) is 14.3. The molecule has 2 saturated carbocycles. The summed E-state index contributed by atoms with van der Waals surface area (Å²) in [6.45, 7) is 2.80. The van der Waals surface area contributed by atoms with E-state index in [1.807, 2.05) is 21.0 Å². The lowest BCUT2D eigenvalue weighted by molar-refractivity contribution is -0.136. The van der Waals surface area contributed by atoms with E-state index in [-0.39, 0.29) is 5.92 Å². The summed E-state index contributed by atoms with van der Waals surface area (Å²) in [5.74, 6) is 2.04. The molecule has 1 amide bonds. The normalized spacial score (nSPS) is 22.2. The van der Waals surface area contributed by atoms with E-state index in [0.717, 1.165) is 18.4 Å². The molecule has 0 heterocycles. The molecule has 0 aliphatic heterocycles. The lowest BCUT2D eigenvalue weighted by atomic mass is 10.0. The van der Waals surface area contributed by atoms with Crippen LogP contribution in [0.1, 0.15) is 32.6 Å². The molecule has 0 aromatic heterocycles. The van der Waals surface area contributed by atoms with E-state index < -0.39 is 0 Å². The van der Waals surface area contributed by atoms with E-state index in [2.05, 4.69) is 10.2 Å². The average molecular weight is 224 g/mol. The van der Waals surface area contributed by atoms with Gasteiger partial charge in [0.15, 0.2) is 0 Å².